The van der Waals surface area contributed by atoms with Gasteiger partial charge in [0.25, 0.3) is 0 Å². The largest absolute Gasteiger partial charge is 0.313 e. The van der Waals surface area contributed by atoms with Crippen LogP contribution < -0.4 is 0 Å². The zero-order valence-corrected chi connectivity index (χ0v) is 34.1. The summed E-state index contributed by atoms with van der Waals surface area (Å²) in [4.78, 5) is 24.8. The van der Waals surface area contributed by atoms with E-state index in [0.717, 1.165) is 64.8 Å². The van der Waals surface area contributed by atoms with E-state index in [1.165, 1.54) is 44.2 Å². The van der Waals surface area contributed by atoms with Crippen LogP contribution in [0.3, 0.4) is 0 Å². The Morgan fingerprint density at radius 3 is 2.16 bits per heavy atom. The molecule has 9 aromatic rings. The average molecular weight is 800 g/mol. The first-order valence-electron chi connectivity index (χ1n) is 21.6. The normalized spacial score (nSPS) is 15.7. The summed E-state index contributed by atoms with van der Waals surface area (Å²) in [7, 11) is 0. The van der Waals surface area contributed by atoms with Gasteiger partial charge in [0.1, 0.15) is 11.4 Å². The van der Waals surface area contributed by atoms with Gasteiger partial charge in [-0.1, -0.05) is 115 Å². The first-order chi connectivity index (χ1) is 30.8. The van der Waals surface area contributed by atoms with Crippen molar-refractivity contribution in [2.75, 3.05) is 6.54 Å². The third kappa shape index (κ3) is 6.07. The van der Waals surface area contributed by atoms with Crippen molar-refractivity contribution in [3.05, 3.63) is 199 Å². The molecule has 0 saturated heterocycles. The summed E-state index contributed by atoms with van der Waals surface area (Å²) < 4.78 is 5.00. The Bertz CT molecular complexity index is 3380. The molecule has 62 heavy (non-hydrogen) atoms. The molecule has 0 N–H and O–H groups in total. The zero-order valence-electron chi connectivity index (χ0n) is 34.1. The van der Waals surface area contributed by atoms with Crippen molar-refractivity contribution in [1.82, 2.24) is 29.1 Å². The van der Waals surface area contributed by atoms with E-state index in [1.54, 1.807) is 6.20 Å². The van der Waals surface area contributed by atoms with Gasteiger partial charge >= 0.3 is 0 Å². The third-order valence-electron chi connectivity index (χ3n) is 12.5. The van der Waals surface area contributed by atoms with Crippen molar-refractivity contribution in [3.8, 4) is 45.4 Å². The molecule has 5 heterocycles. The van der Waals surface area contributed by atoms with Crippen LogP contribution in [0.25, 0.3) is 84.2 Å². The van der Waals surface area contributed by atoms with E-state index in [0.29, 0.717) is 29.7 Å². The van der Waals surface area contributed by atoms with Crippen molar-refractivity contribution in [2.24, 2.45) is 4.99 Å². The minimum Gasteiger partial charge on any atom is -0.313 e. The molecule has 0 radical (unpaired) electrons. The minimum atomic E-state index is 0.0981. The van der Waals surface area contributed by atoms with Crippen LogP contribution in [0, 0.1) is 0 Å². The van der Waals surface area contributed by atoms with Crippen LogP contribution in [-0.4, -0.2) is 41.3 Å². The number of fused-ring (bicyclic) bond motifs is 6. The molecule has 7 nitrogen and oxygen atoms in total. The number of aromatic nitrogens is 6. The fourth-order valence-corrected chi connectivity index (χ4v) is 9.66. The Labute approximate surface area is 359 Å². The summed E-state index contributed by atoms with van der Waals surface area (Å²) in [5.74, 6) is 1.75. The van der Waals surface area contributed by atoms with Crippen LogP contribution in [-0.2, 0) is 6.42 Å². The molecule has 0 amide bonds. The van der Waals surface area contributed by atoms with Gasteiger partial charge in [-0.15, -0.1) is 0 Å². The average Bonchev–Trinajstić information content (AvgIpc) is 3.87. The lowest BCUT2D eigenvalue weighted by molar-refractivity contribution is 0.843. The standard InChI is InChI=1S/C55H41N7/c1-3-17-36(18-4-1)43-33-38(53-58-54(46-24-13-15-31-56-46)60-55(59-53)47-25-14-16-32-57-47)34-44(37-19-5-2-6-20-37)52(43)62-50-28-12-9-23-42(50)45-35-39(29-30-51(45)62)61-48-26-10-7-21-40(48)41-22-8-11-27-49(41)61/h1-10,12-15,17-19,21-26,28-31,33-35,37H,11,16,20,27,32H2. The minimum absolute atomic E-state index is 0.0981. The second-order valence-electron chi connectivity index (χ2n) is 16.2. The predicted molar refractivity (Wildman–Crippen MR) is 253 cm³/mol. The number of benzene rings is 5. The van der Waals surface area contributed by atoms with Gasteiger partial charge in [0, 0.05) is 62.9 Å². The number of para-hydroxylation sites is 2. The molecule has 1 unspecified atom stereocenters. The third-order valence-corrected chi connectivity index (χ3v) is 12.5. The molecule has 1 atom stereocenters. The highest BCUT2D eigenvalue weighted by molar-refractivity contribution is 6.11. The van der Waals surface area contributed by atoms with E-state index in [4.69, 9.17) is 19.9 Å². The molecule has 0 fully saturated rings. The topological polar surface area (TPSA) is 73.8 Å². The Morgan fingerprint density at radius 2 is 1.34 bits per heavy atom. The molecule has 1 aliphatic heterocycles. The highest BCUT2D eigenvalue weighted by atomic mass is 15.1. The fraction of sp³-hybridized carbons (Fsp3) is 0.109. The summed E-state index contributed by atoms with van der Waals surface area (Å²) in [5.41, 5.74) is 14.4. The van der Waals surface area contributed by atoms with Crippen LogP contribution in [0.5, 0.6) is 0 Å². The van der Waals surface area contributed by atoms with Crippen LogP contribution in [0.1, 0.15) is 47.8 Å². The van der Waals surface area contributed by atoms with Crippen molar-refractivity contribution < 1.29 is 0 Å². The van der Waals surface area contributed by atoms with Crippen LogP contribution in [0.2, 0.25) is 0 Å². The molecule has 12 rings (SSSR count). The van der Waals surface area contributed by atoms with Crippen molar-refractivity contribution in [2.45, 2.75) is 31.6 Å². The van der Waals surface area contributed by atoms with Crippen molar-refractivity contribution >= 4 is 44.5 Å². The van der Waals surface area contributed by atoms with E-state index in [9.17, 15) is 0 Å². The number of hydrogen-bond donors (Lipinski definition) is 0. The fourth-order valence-electron chi connectivity index (χ4n) is 9.66. The van der Waals surface area contributed by atoms with Gasteiger partial charge in [-0.2, -0.15) is 0 Å². The first-order valence-corrected chi connectivity index (χ1v) is 21.6. The smallest absolute Gasteiger partial charge is 0.182 e. The number of nitrogens with zero attached hydrogens (tertiary/aromatic N) is 7. The first kappa shape index (κ1) is 36.1. The molecule has 0 saturated carbocycles. The molecular weight excluding hydrogens is 759 g/mol. The molecule has 3 aliphatic rings. The maximum atomic E-state index is 5.17. The lowest BCUT2D eigenvalue weighted by atomic mass is 9.86. The number of hydrogen-bond acceptors (Lipinski definition) is 5. The zero-order chi connectivity index (χ0) is 41.0. The van der Waals surface area contributed by atoms with Gasteiger partial charge in [0.15, 0.2) is 17.5 Å². The number of pyridine rings is 1. The quantitative estimate of drug-likeness (QED) is 0.161. The Balaban J connectivity index is 1.14. The predicted octanol–water partition coefficient (Wildman–Crippen LogP) is 12.6. The summed E-state index contributed by atoms with van der Waals surface area (Å²) >= 11 is 0. The van der Waals surface area contributed by atoms with Crippen molar-refractivity contribution in [1.29, 1.82) is 0 Å². The Hall–Kier alpha value is -7.77. The molecule has 4 aromatic heterocycles. The van der Waals surface area contributed by atoms with Crippen molar-refractivity contribution in [3.63, 3.8) is 0 Å². The summed E-state index contributed by atoms with van der Waals surface area (Å²) in [6.45, 7) is 0.701. The lowest BCUT2D eigenvalue weighted by Gasteiger charge is -2.25. The van der Waals surface area contributed by atoms with Gasteiger partial charge in [0.05, 0.1) is 22.2 Å². The van der Waals surface area contributed by atoms with E-state index in [2.05, 4.69) is 166 Å². The number of dihydropyridines is 1. The Kier molecular flexibility index (Phi) is 8.77. The number of rotatable bonds is 7. The molecule has 2 aliphatic carbocycles. The molecule has 0 spiro atoms. The summed E-state index contributed by atoms with van der Waals surface area (Å²) in [6.07, 6.45) is 23.3. The van der Waals surface area contributed by atoms with Gasteiger partial charge < -0.3 is 9.13 Å². The monoisotopic (exact) mass is 799 g/mol. The van der Waals surface area contributed by atoms with Gasteiger partial charge in [-0.3, -0.25) is 9.98 Å². The van der Waals surface area contributed by atoms with Gasteiger partial charge in [-0.25, -0.2) is 15.0 Å². The summed E-state index contributed by atoms with van der Waals surface area (Å²) in [5, 5.41) is 3.73. The van der Waals surface area contributed by atoms with Gasteiger partial charge in [-0.05, 0) is 97.5 Å². The molecule has 7 heteroatoms. The lowest BCUT2D eigenvalue weighted by Crippen LogP contribution is -2.12. The molecule has 0 bridgehead atoms. The second kappa shape index (κ2) is 15.0. The second-order valence-corrected chi connectivity index (χ2v) is 16.2. The molecular formula is C55H41N7. The maximum absolute atomic E-state index is 5.17. The molecule has 296 valence electrons. The van der Waals surface area contributed by atoms with Crippen LogP contribution >= 0.6 is 0 Å². The number of allylic oxidation sites excluding steroid dienone is 6. The van der Waals surface area contributed by atoms with Crippen LogP contribution in [0.15, 0.2) is 181 Å². The van der Waals surface area contributed by atoms with E-state index in [1.807, 2.05) is 24.3 Å². The highest BCUT2D eigenvalue weighted by Gasteiger charge is 2.26. The maximum Gasteiger partial charge on any atom is 0.182 e. The summed E-state index contributed by atoms with van der Waals surface area (Å²) in [6, 6.07) is 45.9. The molecule has 5 aromatic carbocycles. The van der Waals surface area contributed by atoms with E-state index < -0.39 is 0 Å². The van der Waals surface area contributed by atoms with E-state index in [-0.39, 0.29) is 5.92 Å². The number of aliphatic imine (C=N–C) groups is 1. The Morgan fingerprint density at radius 1 is 0.565 bits per heavy atom. The van der Waals surface area contributed by atoms with Crippen LogP contribution in [0.4, 0.5) is 0 Å². The van der Waals surface area contributed by atoms with Gasteiger partial charge in [0.2, 0.25) is 0 Å². The highest BCUT2D eigenvalue weighted by Crippen LogP contribution is 2.45. The SMILES string of the molecule is C1=CCC(c2cc(-c3nc(C4=NCCC=C4)nc(-c4ccccn4)n3)cc(-c3ccccc3)c2-n2c3ccccc3c3cc(-n4c5c(c6ccccc64)C=CCC5)ccc32)C=C1. The van der Waals surface area contributed by atoms with E-state index >= 15 is 0 Å².